The van der Waals surface area contributed by atoms with Crippen molar-refractivity contribution in [3.8, 4) is 0 Å². The lowest BCUT2D eigenvalue weighted by molar-refractivity contribution is -0.140. The molecule has 0 amide bonds. The van der Waals surface area contributed by atoms with Gasteiger partial charge in [-0.05, 0) is 33.6 Å². The molecule has 0 spiro atoms. The summed E-state index contributed by atoms with van der Waals surface area (Å²) >= 11 is 8.76. The Bertz CT molecular complexity index is 357. The van der Waals surface area contributed by atoms with E-state index < -0.39 is 17.2 Å². The second-order valence-corrected chi connectivity index (χ2v) is 3.85. The van der Waals surface area contributed by atoms with Gasteiger partial charge in [0.25, 0.3) is 0 Å². The van der Waals surface area contributed by atoms with Gasteiger partial charge >= 0.3 is 5.97 Å². The highest BCUT2D eigenvalue weighted by Gasteiger charge is 2.18. The van der Waals surface area contributed by atoms with E-state index in [9.17, 15) is 9.18 Å². The normalized spacial score (nSPS) is 12.3. The maximum atomic E-state index is 12.8. The number of ether oxygens (including phenoxy) is 1. The molecule has 5 heteroatoms. The number of benzene rings is 1. The third kappa shape index (κ3) is 2.45. The average Bonchev–Trinajstić information content (AvgIpc) is 2.20. The molecule has 14 heavy (non-hydrogen) atoms. The van der Waals surface area contributed by atoms with Crippen LogP contribution in [0.1, 0.15) is 10.9 Å². The maximum Gasteiger partial charge on any atom is 0.328 e. The van der Waals surface area contributed by atoms with E-state index in [0.29, 0.717) is 5.56 Å². The average molecular weight is 282 g/mol. The quantitative estimate of drug-likeness (QED) is 0.615. The first-order chi connectivity index (χ1) is 6.56. The van der Waals surface area contributed by atoms with Crippen molar-refractivity contribution in [1.82, 2.24) is 0 Å². The summed E-state index contributed by atoms with van der Waals surface area (Å²) in [5.41, 5.74) is 0.492. The Morgan fingerprint density at radius 1 is 1.64 bits per heavy atom. The van der Waals surface area contributed by atoms with Gasteiger partial charge in [0.2, 0.25) is 0 Å². The lowest BCUT2D eigenvalue weighted by atomic mass is 10.1. The molecular formula is C9H7BrClFO2. The summed E-state index contributed by atoms with van der Waals surface area (Å²) in [5, 5.41) is -0.906. The smallest absolute Gasteiger partial charge is 0.328 e. The van der Waals surface area contributed by atoms with Crippen LogP contribution in [0.4, 0.5) is 4.39 Å². The molecule has 0 heterocycles. The number of alkyl halides is 1. The zero-order chi connectivity index (χ0) is 10.7. The van der Waals surface area contributed by atoms with E-state index in [1.165, 1.54) is 25.3 Å². The molecule has 1 aromatic carbocycles. The van der Waals surface area contributed by atoms with Crippen molar-refractivity contribution in [2.24, 2.45) is 0 Å². The fourth-order valence-corrected chi connectivity index (χ4v) is 1.53. The number of halogens is 3. The molecule has 1 aromatic rings. The Morgan fingerprint density at radius 2 is 2.29 bits per heavy atom. The standard InChI is InChI=1S/C9H7BrClFO2/c1-14-9(13)8(11)5-2-3-7(12)6(10)4-5/h2-4,8H,1H3/t8-/m0/s1. The minimum atomic E-state index is -0.906. The molecular weight excluding hydrogens is 274 g/mol. The van der Waals surface area contributed by atoms with Gasteiger partial charge in [0, 0.05) is 0 Å². The first-order valence-electron chi connectivity index (χ1n) is 3.73. The minimum absolute atomic E-state index is 0.268. The lowest BCUT2D eigenvalue weighted by Gasteiger charge is -2.07. The minimum Gasteiger partial charge on any atom is -0.468 e. The van der Waals surface area contributed by atoms with E-state index in [2.05, 4.69) is 20.7 Å². The molecule has 0 aliphatic carbocycles. The van der Waals surface area contributed by atoms with E-state index in [0.717, 1.165) is 0 Å². The van der Waals surface area contributed by atoms with E-state index in [-0.39, 0.29) is 4.47 Å². The number of hydrogen-bond acceptors (Lipinski definition) is 2. The molecule has 0 bridgehead atoms. The van der Waals surface area contributed by atoms with Gasteiger partial charge in [-0.15, -0.1) is 11.6 Å². The molecule has 76 valence electrons. The molecule has 0 fully saturated rings. The first kappa shape index (κ1) is 11.5. The Balaban J connectivity index is 2.96. The number of rotatable bonds is 2. The van der Waals surface area contributed by atoms with E-state index >= 15 is 0 Å². The molecule has 0 saturated heterocycles. The number of hydrogen-bond donors (Lipinski definition) is 0. The van der Waals surface area contributed by atoms with Crippen molar-refractivity contribution in [1.29, 1.82) is 0 Å². The molecule has 0 radical (unpaired) electrons. The molecule has 2 nitrogen and oxygen atoms in total. The number of carbonyl (C=O) groups excluding carboxylic acids is 1. The second kappa shape index (κ2) is 4.75. The highest BCUT2D eigenvalue weighted by molar-refractivity contribution is 9.10. The van der Waals surface area contributed by atoms with Gasteiger partial charge in [-0.25, -0.2) is 4.39 Å². The third-order valence-corrected chi connectivity index (χ3v) is 2.68. The largest absolute Gasteiger partial charge is 0.468 e. The van der Waals surface area contributed by atoms with Crippen molar-refractivity contribution >= 4 is 33.5 Å². The van der Waals surface area contributed by atoms with Crippen LogP contribution in [0, 0.1) is 5.82 Å². The fourth-order valence-electron chi connectivity index (χ4n) is 0.910. The Labute approximate surface area is 94.1 Å². The summed E-state index contributed by atoms with van der Waals surface area (Å²) in [6.45, 7) is 0. The van der Waals surface area contributed by atoms with Crippen molar-refractivity contribution in [3.05, 3.63) is 34.1 Å². The van der Waals surface area contributed by atoms with Crippen LogP contribution >= 0.6 is 27.5 Å². The highest BCUT2D eigenvalue weighted by Crippen LogP contribution is 2.26. The SMILES string of the molecule is COC(=O)[C@@H](Cl)c1ccc(F)c(Br)c1. The Kier molecular flexibility index (Phi) is 3.89. The summed E-state index contributed by atoms with van der Waals surface area (Å²) in [5.74, 6) is -0.965. The number of methoxy groups -OCH3 is 1. The summed E-state index contributed by atoms with van der Waals surface area (Å²) in [6.07, 6.45) is 0. The lowest BCUT2D eigenvalue weighted by Crippen LogP contribution is -2.08. The van der Waals surface area contributed by atoms with Gasteiger partial charge in [0.1, 0.15) is 5.82 Å². The van der Waals surface area contributed by atoms with Crippen LogP contribution in [-0.4, -0.2) is 13.1 Å². The summed E-state index contributed by atoms with van der Waals surface area (Å²) in [7, 11) is 1.25. The molecule has 0 saturated carbocycles. The summed E-state index contributed by atoms with van der Waals surface area (Å²) < 4.78 is 17.6. The molecule has 1 rings (SSSR count). The van der Waals surface area contributed by atoms with Crippen molar-refractivity contribution in [3.63, 3.8) is 0 Å². The van der Waals surface area contributed by atoms with Crippen molar-refractivity contribution < 1.29 is 13.9 Å². The van der Waals surface area contributed by atoms with E-state index in [1.807, 2.05) is 0 Å². The summed E-state index contributed by atoms with van der Waals surface area (Å²) in [4.78, 5) is 11.0. The van der Waals surface area contributed by atoms with E-state index in [4.69, 9.17) is 11.6 Å². The fraction of sp³-hybridized carbons (Fsp3) is 0.222. The molecule has 0 aliphatic rings. The van der Waals surface area contributed by atoms with Gasteiger partial charge < -0.3 is 4.74 Å². The van der Waals surface area contributed by atoms with E-state index in [1.54, 1.807) is 0 Å². The van der Waals surface area contributed by atoms with Crippen LogP contribution < -0.4 is 0 Å². The molecule has 0 aliphatic heterocycles. The topological polar surface area (TPSA) is 26.3 Å². The van der Waals surface area contributed by atoms with Gasteiger partial charge in [0.15, 0.2) is 5.38 Å². The van der Waals surface area contributed by atoms with Crippen LogP contribution in [-0.2, 0) is 9.53 Å². The number of carbonyl (C=O) groups is 1. The van der Waals surface area contributed by atoms with Gasteiger partial charge in [-0.3, -0.25) is 4.79 Å². The van der Waals surface area contributed by atoms with Crippen LogP contribution in [0.3, 0.4) is 0 Å². The van der Waals surface area contributed by atoms with Crippen LogP contribution in [0.2, 0.25) is 0 Å². The zero-order valence-corrected chi connectivity index (χ0v) is 9.60. The predicted molar refractivity (Wildman–Crippen MR) is 54.7 cm³/mol. The van der Waals surface area contributed by atoms with Gasteiger partial charge in [-0.1, -0.05) is 6.07 Å². The maximum absolute atomic E-state index is 12.8. The van der Waals surface area contributed by atoms with Crippen LogP contribution in [0.5, 0.6) is 0 Å². The Morgan fingerprint density at radius 3 is 2.79 bits per heavy atom. The molecule has 0 aromatic heterocycles. The highest BCUT2D eigenvalue weighted by atomic mass is 79.9. The Hall–Kier alpha value is -0.610. The van der Waals surface area contributed by atoms with Gasteiger partial charge in [0.05, 0.1) is 11.6 Å². The predicted octanol–water partition coefficient (Wildman–Crippen LogP) is 3.04. The number of esters is 1. The van der Waals surface area contributed by atoms with Crippen LogP contribution in [0.25, 0.3) is 0 Å². The molecule has 0 N–H and O–H groups in total. The van der Waals surface area contributed by atoms with Crippen LogP contribution in [0.15, 0.2) is 22.7 Å². The van der Waals surface area contributed by atoms with Crippen molar-refractivity contribution in [2.45, 2.75) is 5.38 Å². The molecule has 0 unspecified atom stereocenters. The first-order valence-corrected chi connectivity index (χ1v) is 4.96. The second-order valence-electron chi connectivity index (χ2n) is 2.56. The van der Waals surface area contributed by atoms with Gasteiger partial charge in [-0.2, -0.15) is 0 Å². The summed E-state index contributed by atoms with van der Waals surface area (Å²) in [6, 6.07) is 4.12. The third-order valence-electron chi connectivity index (χ3n) is 1.64. The monoisotopic (exact) mass is 280 g/mol. The zero-order valence-electron chi connectivity index (χ0n) is 7.26. The van der Waals surface area contributed by atoms with Crippen molar-refractivity contribution in [2.75, 3.05) is 7.11 Å². The molecule has 1 atom stereocenters.